The molecule has 0 aromatic rings. The molecule has 0 N–H and O–H groups in total. The Labute approximate surface area is 138 Å². The predicted molar refractivity (Wildman–Crippen MR) is 87.4 cm³/mol. The van der Waals surface area contributed by atoms with Gasteiger partial charge in [-0.2, -0.15) is 0 Å². The Kier molecular flexibility index (Phi) is 4.73. The third kappa shape index (κ3) is 4.15. The third-order valence-electron chi connectivity index (χ3n) is 4.74. The molecule has 23 heavy (non-hydrogen) atoms. The molecule has 4 nitrogen and oxygen atoms in total. The van der Waals surface area contributed by atoms with E-state index in [1.165, 1.54) is 0 Å². The van der Waals surface area contributed by atoms with Crippen molar-refractivity contribution in [2.45, 2.75) is 84.5 Å². The van der Waals surface area contributed by atoms with Crippen LogP contribution < -0.4 is 0 Å². The topological polar surface area (TPSA) is 44.8 Å². The van der Waals surface area contributed by atoms with Crippen LogP contribution in [-0.2, 0) is 18.8 Å². The van der Waals surface area contributed by atoms with Crippen LogP contribution in [0.25, 0.3) is 0 Å². The highest BCUT2D eigenvalue weighted by atomic mass is 19.1. The van der Waals surface area contributed by atoms with Crippen LogP contribution in [-0.4, -0.2) is 29.9 Å². The van der Waals surface area contributed by atoms with E-state index in [1.807, 2.05) is 48.5 Å². The molecule has 0 unspecified atom stereocenters. The summed E-state index contributed by atoms with van der Waals surface area (Å²) in [7, 11) is -0.933. The molecule has 130 valence electrons. The largest absolute Gasteiger partial charge is 0.525 e. The van der Waals surface area contributed by atoms with Gasteiger partial charge in [0, 0.05) is 6.42 Å². The molecule has 1 aliphatic carbocycles. The first kappa shape index (κ1) is 18.5. The lowest BCUT2D eigenvalue weighted by Gasteiger charge is -2.32. The van der Waals surface area contributed by atoms with Crippen molar-refractivity contribution in [3.8, 4) is 0 Å². The van der Waals surface area contributed by atoms with Crippen LogP contribution in [0.15, 0.2) is 11.3 Å². The van der Waals surface area contributed by atoms with Crippen molar-refractivity contribution in [1.82, 2.24) is 0 Å². The first-order chi connectivity index (χ1) is 10.3. The van der Waals surface area contributed by atoms with Crippen molar-refractivity contribution in [3.05, 3.63) is 11.3 Å². The Hall–Kier alpha value is -0.875. The predicted octanol–water partition coefficient (Wildman–Crippen LogP) is 3.98. The van der Waals surface area contributed by atoms with Crippen molar-refractivity contribution in [2.75, 3.05) is 0 Å². The van der Waals surface area contributed by atoms with Crippen LogP contribution in [0.2, 0.25) is 0 Å². The van der Waals surface area contributed by atoms with Crippen LogP contribution >= 0.6 is 0 Å². The highest BCUT2D eigenvalue weighted by Gasteiger charge is 2.54. The number of rotatable bonds is 3. The molecular weight excluding hydrogens is 298 g/mol. The number of allylic oxidation sites excluding steroid dienone is 1. The second kappa shape index (κ2) is 5.89. The lowest BCUT2D eigenvalue weighted by molar-refractivity contribution is -0.156. The van der Waals surface area contributed by atoms with Gasteiger partial charge >= 0.3 is 13.1 Å². The Morgan fingerprint density at radius 1 is 1.22 bits per heavy atom. The first-order valence-corrected chi connectivity index (χ1v) is 8.26. The zero-order chi connectivity index (χ0) is 17.6. The summed E-state index contributed by atoms with van der Waals surface area (Å²) in [6.07, 6.45) is 1.46. The fourth-order valence-corrected chi connectivity index (χ4v) is 2.71. The molecule has 2 aliphatic rings. The zero-order valence-corrected chi connectivity index (χ0v) is 15.3. The van der Waals surface area contributed by atoms with Gasteiger partial charge in [-0.25, -0.2) is 4.39 Å². The highest BCUT2D eigenvalue weighted by molar-refractivity contribution is 6.53. The van der Waals surface area contributed by atoms with Gasteiger partial charge in [0.15, 0.2) is 0 Å². The van der Waals surface area contributed by atoms with E-state index < -0.39 is 23.9 Å². The molecule has 1 heterocycles. The summed E-state index contributed by atoms with van der Waals surface area (Å²) >= 11 is 0. The second-order valence-electron chi connectivity index (χ2n) is 8.60. The van der Waals surface area contributed by atoms with E-state index in [1.54, 1.807) is 0 Å². The molecular formula is C17H28BFO4. The summed E-state index contributed by atoms with van der Waals surface area (Å²) in [5.74, 6) is -0.0781. The van der Waals surface area contributed by atoms with E-state index in [4.69, 9.17) is 14.0 Å². The molecule has 1 saturated heterocycles. The normalized spacial score (nSPS) is 26.0. The van der Waals surface area contributed by atoms with E-state index >= 15 is 0 Å². The fraction of sp³-hybridized carbons (Fsp3) is 0.824. The zero-order valence-electron chi connectivity index (χ0n) is 15.3. The van der Waals surface area contributed by atoms with Crippen LogP contribution in [0.3, 0.4) is 0 Å². The van der Waals surface area contributed by atoms with E-state index in [-0.39, 0.29) is 17.6 Å². The van der Waals surface area contributed by atoms with Crippen molar-refractivity contribution < 1.29 is 23.2 Å². The molecule has 1 aliphatic heterocycles. The molecule has 0 aromatic heterocycles. The minimum atomic E-state index is -0.933. The van der Waals surface area contributed by atoms with Crippen LogP contribution in [0, 0.1) is 5.92 Å². The lowest BCUT2D eigenvalue weighted by atomic mass is 9.71. The Bertz CT molecular complexity index is 495. The molecule has 0 amide bonds. The Balaban J connectivity index is 1.89. The highest BCUT2D eigenvalue weighted by Crippen LogP contribution is 2.44. The summed E-state index contributed by atoms with van der Waals surface area (Å²) in [5.41, 5.74) is -1.21. The quantitative estimate of drug-likeness (QED) is 0.581. The minimum Gasteiger partial charge on any atom is -0.460 e. The van der Waals surface area contributed by atoms with Crippen LogP contribution in [0.4, 0.5) is 4.39 Å². The maximum absolute atomic E-state index is 14.5. The molecule has 2 rings (SSSR count). The molecule has 0 aromatic carbocycles. The SMILES string of the molecule is CC(C)(C)OC(=O)CC1CC(=C(F)B2OC(C)(C)C(C)(C)O2)C1. The number of hydrogen-bond donors (Lipinski definition) is 0. The monoisotopic (exact) mass is 326 g/mol. The van der Waals surface area contributed by atoms with Crippen LogP contribution in [0.5, 0.6) is 0 Å². The first-order valence-electron chi connectivity index (χ1n) is 8.26. The summed E-state index contributed by atoms with van der Waals surface area (Å²) in [6.45, 7) is 13.1. The number of carbonyl (C=O) groups is 1. The molecule has 0 bridgehead atoms. The molecule has 2 fully saturated rings. The molecule has 1 saturated carbocycles. The van der Waals surface area contributed by atoms with Gasteiger partial charge in [0.05, 0.1) is 11.2 Å². The van der Waals surface area contributed by atoms with Gasteiger partial charge in [-0.1, -0.05) is 0 Å². The van der Waals surface area contributed by atoms with Gasteiger partial charge in [0.1, 0.15) is 11.3 Å². The van der Waals surface area contributed by atoms with Gasteiger partial charge in [0.25, 0.3) is 0 Å². The van der Waals surface area contributed by atoms with Gasteiger partial charge in [-0.05, 0) is 72.8 Å². The molecule has 6 heteroatoms. The Morgan fingerprint density at radius 3 is 2.13 bits per heavy atom. The average Bonchev–Trinajstić information content (AvgIpc) is 2.49. The van der Waals surface area contributed by atoms with Crippen molar-refractivity contribution in [1.29, 1.82) is 0 Å². The molecule has 0 atom stereocenters. The van der Waals surface area contributed by atoms with Gasteiger partial charge in [-0.3, -0.25) is 4.79 Å². The maximum atomic E-state index is 14.5. The van der Waals surface area contributed by atoms with Gasteiger partial charge in [-0.15, -0.1) is 0 Å². The van der Waals surface area contributed by atoms with Gasteiger partial charge in [0.2, 0.25) is 0 Å². The molecule has 0 radical (unpaired) electrons. The standard InChI is InChI=1S/C17H28BFO4/c1-15(2,3)21-13(20)10-11-8-12(9-11)14(19)18-22-16(4,5)17(6,7)23-18/h11H,8-10H2,1-7H3. The number of esters is 1. The van der Waals surface area contributed by atoms with Gasteiger partial charge < -0.3 is 14.0 Å². The lowest BCUT2D eigenvalue weighted by Crippen LogP contribution is -2.41. The summed E-state index contributed by atoms with van der Waals surface area (Å²) in [4.78, 5) is 11.8. The number of carbonyl (C=O) groups excluding carboxylic acids is 1. The van der Waals surface area contributed by atoms with E-state index in [0.29, 0.717) is 24.8 Å². The smallest absolute Gasteiger partial charge is 0.460 e. The minimum absolute atomic E-state index is 0.146. The van der Waals surface area contributed by atoms with E-state index in [0.717, 1.165) is 0 Å². The van der Waals surface area contributed by atoms with E-state index in [9.17, 15) is 9.18 Å². The number of ether oxygens (including phenoxy) is 1. The summed E-state index contributed by atoms with van der Waals surface area (Å²) in [5, 5.41) is 0. The third-order valence-corrected chi connectivity index (χ3v) is 4.74. The average molecular weight is 326 g/mol. The number of hydrogen-bond acceptors (Lipinski definition) is 4. The maximum Gasteiger partial charge on any atom is 0.525 e. The fourth-order valence-electron chi connectivity index (χ4n) is 2.71. The summed E-state index contributed by atoms with van der Waals surface area (Å²) in [6, 6.07) is 0. The number of halogens is 1. The van der Waals surface area contributed by atoms with Crippen molar-refractivity contribution in [3.63, 3.8) is 0 Å². The Morgan fingerprint density at radius 2 is 1.70 bits per heavy atom. The molecule has 0 spiro atoms. The summed E-state index contributed by atoms with van der Waals surface area (Å²) < 4.78 is 31.3. The van der Waals surface area contributed by atoms with E-state index in [2.05, 4.69) is 0 Å². The van der Waals surface area contributed by atoms with Crippen molar-refractivity contribution in [2.24, 2.45) is 5.92 Å². The second-order valence-corrected chi connectivity index (χ2v) is 8.60. The van der Waals surface area contributed by atoms with Crippen LogP contribution in [0.1, 0.15) is 67.7 Å². The van der Waals surface area contributed by atoms with Crippen molar-refractivity contribution >= 4 is 13.1 Å².